The number of benzene rings is 1. The van der Waals surface area contributed by atoms with Crippen molar-refractivity contribution in [1.82, 2.24) is 0 Å². The minimum absolute atomic E-state index is 0.284. The Morgan fingerprint density at radius 3 is 2.65 bits per heavy atom. The third-order valence-electron chi connectivity index (χ3n) is 2.40. The van der Waals surface area contributed by atoms with E-state index >= 15 is 0 Å². The highest BCUT2D eigenvalue weighted by atomic mass is 79.9. The minimum Gasteiger partial charge on any atom is -0.388 e. The number of aliphatic hydroxyl groups excluding tert-OH is 1. The summed E-state index contributed by atoms with van der Waals surface area (Å²) in [6.45, 7) is 0. The predicted molar refractivity (Wildman–Crippen MR) is 74.8 cm³/mol. The van der Waals surface area contributed by atoms with Gasteiger partial charge < -0.3 is 5.11 Å². The number of halogens is 3. The molecule has 2 rings (SSSR count). The Labute approximate surface area is 120 Å². The molecule has 1 atom stereocenters. The first kappa shape index (κ1) is 13.2. The molecule has 0 bridgehead atoms. The molecule has 1 heterocycles. The summed E-state index contributed by atoms with van der Waals surface area (Å²) in [6.07, 6.45) is -0.108. The maximum Gasteiger partial charge on any atom is 0.124 e. The van der Waals surface area contributed by atoms with Crippen LogP contribution < -0.4 is 0 Å². The van der Waals surface area contributed by atoms with Crippen molar-refractivity contribution in [2.45, 2.75) is 12.5 Å². The Kier molecular flexibility index (Phi) is 4.36. The predicted octanol–water partition coefficient (Wildman–Crippen LogP) is 4.69. The van der Waals surface area contributed by atoms with Crippen molar-refractivity contribution in [2.75, 3.05) is 0 Å². The highest BCUT2D eigenvalue weighted by Crippen LogP contribution is 2.29. The number of thiophene rings is 1. The summed E-state index contributed by atoms with van der Waals surface area (Å²) >= 11 is 8.19. The first-order chi connectivity index (χ1) is 8.06. The zero-order valence-electron chi connectivity index (χ0n) is 8.66. The lowest BCUT2D eigenvalue weighted by Gasteiger charge is -2.10. The molecule has 90 valence electrons. The summed E-state index contributed by atoms with van der Waals surface area (Å²) in [6, 6.07) is 6.39. The van der Waals surface area contributed by atoms with Crippen LogP contribution in [0.1, 0.15) is 17.2 Å². The van der Waals surface area contributed by atoms with Crippen LogP contribution in [0, 0.1) is 5.82 Å². The normalized spacial score (nSPS) is 12.7. The van der Waals surface area contributed by atoms with E-state index in [1.54, 1.807) is 6.07 Å². The summed E-state index contributed by atoms with van der Waals surface area (Å²) in [5.41, 5.74) is 1.76. The Balaban J connectivity index is 2.15. The van der Waals surface area contributed by atoms with Crippen molar-refractivity contribution in [3.05, 3.63) is 54.8 Å². The maximum absolute atomic E-state index is 12.9. The van der Waals surface area contributed by atoms with Crippen molar-refractivity contribution < 1.29 is 9.50 Å². The molecular formula is C12H9Br2FOS. The first-order valence-corrected chi connectivity index (χ1v) is 7.39. The lowest BCUT2D eigenvalue weighted by atomic mass is 10.0. The highest BCUT2D eigenvalue weighted by Gasteiger charge is 2.12. The molecule has 0 radical (unpaired) electrons. The van der Waals surface area contributed by atoms with Crippen LogP contribution >= 0.6 is 43.2 Å². The maximum atomic E-state index is 12.9. The summed E-state index contributed by atoms with van der Waals surface area (Å²) in [5, 5.41) is 12.0. The van der Waals surface area contributed by atoms with Crippen LogP contribution in [-0.2, 0) is 6.42 Å². The zero-order chi connectivity index (χ0) is 12.4. The monoisotopic (exact) mass is 378 g/mol. The second-order valence-electron chi connectivity index (χ2n) is 3.64. The number of aliphatic hydroxyl groups is 1. The van der Waals surface area contributed by atoms with E-state index in [4.69, 9.17) is 0 Å². The molecule has 0 aliphatic heterocycles. The first-order valence-electron chi connectivity index (χ1n) is 4.92. The van der Waals surface area contributed by atoms with Crippen molar-refractivity contribution in [1.29, 1.82) is 0 Å². The Morgan fingerprint density at radius 2 is 2.06 bits per heavy atom. The van der Waals surface area contributed by atoms with E-state index in [9.17, 15) is 9.50 Å². The van der Waals surface area contributed by atoms with Crippen LogP contribution in [0.25, 0.3) is 0 Å². The number of hydrogen-bond donors (Lipinski definition) is 1. The molecule has 0 saturated heterocycles. The van der Waals surface area contributed by atoms with Crippen molar-refractivity contribution in [3.8, 4) is 0 Å². The van der Waals surface area contributed by atoms with Crippen LogP contribution in [0.2, 0.25) is 0 Å². The van der Waals surface area contributed by atoms with Crippen LogP contribution in [0.5, 0.6) is 0 Å². The lowest BCUT2D eigenvalue weighted by Crippen LogP contribution is -2.01. The fourth-order valence-electron chi connectivity index (χ4n) is 1.51. The zero-order valence-corrected chi connectivity index (χ0v) is 12.6. The molecule has 1 unspecified atom stereocenters. The standard InChI is InChI=1S/C12H9Br2FOS/c13-10-5-9(15)2-1-7(10)3-11(16)8-4-12(14)17-6-8/h1-2,4-6,11,16H,3H2. The molecule has 0 fully saturated rings. The molecule has 0 aliphatic rings. The van der Waals surface area contributed by atoms with Crippen molar-refractivity contribution in [3.63, 3.8) is 0 Å². The molecule has 1 nitrogen and oxygen atoms in total. The lowest BCUT2D eigenvalue weighted by molar-refractivity contribution is 0.178. The van der Waals surface area contributed by atoms with Crippen LogP contribution in [0.3, 0.4) is 0 Å². The molecule has 1 aromatic heterocycles. The molecule has 0 saturated carbocycles. The average Bonchev–Trinajstić information content (AvgIpc) is 2.69. The van der Waals surface area contributed by atoms with Gasteiger partial charge >= 0.3 is 0 Å². The fourth-order valence-corrected chi connectivity index (χ4v) is 3.25. The Bertz CT molecular complexity index is 527. The largest absolute Gasteiger partial charge is 0.388 e. The summed E-state index contributed by atoms with van der Waals surface area (Å²) in [7, 11) is 0. The molecule has 0 amide bonds. The smallest absolute Gasteiger partial charge is 0.124 e. The van der Waals surface area contributed by atoms with Gasteiger partial charge in [-0.25, -0.2) is 4.39 Å². The second-order valence-corrected chi connectivity index (χ2v) is 6.78. The van der Waals surface area contributed by atoms with E-state index in [-0.39, 0.29) is 5.82 Å². The van der Waals surface area contributed by atoms with Gasteiger partial charge in [-0.1, -0.05) is 22.0 Å². The van der Waals surface area contributed by atoms with Gasteiger partial charge in [0.1, 0.15) is 5.82 Å². The van der Waals surface area contributed by atoms with Crippen LogP contribution in [-0.4, -0.2) is 5.11 Å². The van der Waals surface area contributed by atoms with Crippen LogP contribution in [0.15, 0.2) is 37.9 Å². The second kappa shape index (κ2) is 5.61. The molecule has 0 spiro atoms. The summed E-state index contributed by atoms with van der Waals surface area (Å²) in [4.78, 5) is 0. The van der Waals surface area contributed by atoms with Crippen LogP contribution in [0.4, 0.5) is 4.39 Å². The third-order valence-corrected chi connectivity index (χ3v) is 4.66. The van der Waals surface area contributed by atoms with Crippen molar-refractivity contribution >= 4 is 43.2 Å². The molecule has 1 aromatic carbocycles. The minimum atomic E-state index is -0.570. The van der Waals surface area contributed by atoms with Gasteiger partial charge in [-0.15, -0.1) is 11.3 Å². The van der Waals surface area contributed by atoms with Gasteiger partial charge in [0.2, 0.25) is 0 Å². The van der Waals surface area contributed by atoms with E-state index in [1.165, 1.54) is 23.5 Å². The van der Waals surface area contributed by atoms with Gasteiger partial charge in [-0.05, 0) is 50.6 Å². The van der Waals surface area contributed by atoms with E-state index in [0.717, 1.165) is 14.9 Å². The fraction of sp³-hybridized carbons (Fsp3) is 0.167. The van der Waals surface area contributed by atoms with Gasteiger partial charge in [-0.2, -0.15) is 0 Å². The quantitative estimate of drug-likeness (QED) is 0.820. The number of hydrogen-bond acceptors (Lipinski definition) is 2. The Hall–Kier alpha value is -0.230. The molecule has 1 N–H and O–H groups in total. The van der Waals surface area contributed by atoms with Gasteiger partial charge in [0, 0.05) is 10.9 Å². The van der Waals surface area contributed by atoms with Gasteiger partial charge in [0.15, 0.2) is 0 Å². The third kappa shape index (κ3) is 3.37. The molecule has 17 heavy (non-hydrogen) atoms. The SMILES string of the molecule is OC(Cc1ccc(F)cc1Br)c1csc(Br)c1. The van der Waals surface area contributed by atoms with Gasteiger partial charge in [-0.3, -0.25) is 0 Å². The van der Waals surface area contributed by atoms with Gasteiger partial charge in [0.05, 0.1) is 9.89 Å². The van der Waals surface area contributed by atoms with Gasteiger partial charge in [0.25, 0.3) is 0 Å². The van der Waals surface area contributed by atoms with E-state index in [1.807, 2.05) is 11.4 Å². The Morgan fingerprint density at radius 1 is 1.29 bits per heavy atom. The summed E-state index contributed by atoms with van der Waals surface area (Å²) in [5.74, 6) is -0.284. The molecular weight excluding hydrogens is 371 g/mol. The molecule has 0 aliphatic carbocycles. The summed E-state index contributed by atoms with van der Waals surface area (Å²) < 4.78 is 14.6. The highest BCUT2D eigenvalue weighted by molar-refractivity contribution is 9.11. The van der Waals surface area contributed by atoms with Crippen molar-refractivity contribution in [2.24, 2.45) is 0 Å². The van der Waals surface area contributed by atoms with E-state index in [0.29, 0.717) is 10.9 Å². The number of rotatable bonds is 3. The molecule has 5 heteroatoms. The molecule has 2 aromatic rings. The van der Waals surface area contributed by atoms with E-state index in [2.05, 4.69) is 31.9 Å². The average molecular weight is 380 g/mol. The topological polar surface area (TPSA) is 20.2 Å². The van der Waals surface area contributed by atoms with E-state index < -0.39 is 6.10 Å².